The molecule has 7 heteroatoms. The van der Waals surface area contributed by atoms with Crippen LogP contribution < -0.4 is 0 Å². The Morgan fingerprint density at radius 1 is 1.29 bits per heavy atom. The highest BCUT2D eigenvalue weighted by Gasteiger charge is 2.03. The van der Waals surface area contributed by atoms with Gasteiger partial charge in [0.1, 0.15) is 6.61 Å². The zero-order valence-corrected chi connectivity index (χ0v) is 13.4. The molecule has 0 fully saturated rings. The molecule has 1 aromatic heterocycles. The van der Waals surface area contributed by atoms with Crippen molar-refractivity contribution in [2.24, 2.45) is 5.16 Å². The lowest BCUT2D eigenvalue weighted by atomic mass is 10.2. The van der Waals surface area contributed by atoms with Gasteiger partial charge in [-0.2, -0.15) is 5.10 Å². The number of rotatable bonds is 6. The molecule has 0 unspecified atom stereocenters. The first kappa shape index (κ1) is 15.7. The van der Waals surface area contributed by atoms with E-state index in [1.165, 1.54) is 11.8 Å². The number of hydrogen-bond acceptors (Lipinski definition) is 6. The molecule has 0 radical (unpaired) electrons. The third-order valence-corrected chi connectivity index (χ3v) is 3.48. The van der Waals surface area contributed by atoms with Crippen molar-refractivity contribution in [1.29, 1.82) is 0 Å². The Balaban J connectivity index is 1.84. The van der Waals surface area contributed by atoms with Gasteiger partial charge in [-0.1, -0.05) is 40.7 Å². The predicted molar refractivity (Wildman–Crippen MR) is 84.8 cm³/mol. The molecule has 1 aromatic carbocycles. The lowest BCUT2D eigenvalue weighted by Gasteiger charge is -2.02. The van der Waals surface area contributed by atoms with E-state index >= 15 is 0 Å². The fraction of sp³-hybridized carbons (Fsp3) is 0.286. The molecule has 21 heavy (non-hydrogen) atoms. The monoisotopic (exact) mass is 322 g/mol. The topological polar surface area (TPSA) is 60.3 Å². The normalized spacial score (nSPS) is 11.0. The van der Waals surface area contributed by atoms with Crippen LogP contribution >= 0.6 is 23.4 Å². The molecule has 0 bridgehead atoms. The fourth-order valence-electron chi connectivity index (χ4n) is 1.54. The highest BCUT2D eigenvalue weighted by Crippen LogP contribution is 2.11. The lowest BCUT2D eigenvalue weighted by molar-refractivity contribution is 0.131. The summed E-state index contributed by atoms with van der Waals surface area (Å²) < 4.78 is 0. The van der Waals surface area contributed by atoms with Crippen molar-refractivity contribution in [1.82, 2.24) is 15.2 Å². The van der Waals surface area contributed by atoms with Gasteiger partial charge in [-0.25, -0.2) is 4.98 Å². The minimum Gasteiger partial charge on any atom is -0.391 e. The van der Waals surface area contributed by atoms with E-state index in [4.69, 9.17) is 16.4 Å². The quantitative estimate of drug-likeness (QED) is 0.464. The van der Waals surface area contributed by atoms with E-state index in [-0.39, 0.29) is 0 Å². The Labute approximate surface area is 132 Å². The average Bonchev–Trinajstić information content (AvgIpc) is 2.50. The zero-order valence-electron chi connectivity index (χ0n) is 11.8. The summed E-state index contributed by atoms with van der Waals surface area (Å²) in [6.07, 6.45) is 4.16. The van der Waals surface area contributed by atoms with Crippen LogP contribution in [0.5, 0.6) is 0 Å². The molecule has 0 aliphatic heterocycles. The standard InChI is InChI=1S/C14H15ClN4OS/c1-10-13(17-14(21-2)19-18-10)7-8-16-20-9-11-3-5-12(15)6-4-11/h3-6,8H,7,9H2,1-2H3. The first-order valence-corrected chi connectivity index (χ1v) is 7.91. The van der Waals surface area contributed by atoms with E-state index in [0.29, 0.717) is 23.2 Å². The molecule has 0 saturated heterocycles. The summed E-state index contributed by atoms with van der Waals surface area (Å²) in [5, 5.41) is 13.3. The Kier molecular flexibility index (Phi) is 5.95. The second kappa shape index (κ2) is 7.95. The van der Waals surface area contributed by atoms with Crippen molar-refractivity contribution >= 4 is 29.6 Å². The number of oxime groups is 1. The summed E-state index contributed by atoms with van der Waals surface area (Å²) in [5.74, 6) is 0. The molecule has 2 rings (SSSR count). The number of nitrogens with zero attached hydrogens (tertiary/aromatic N) is 4. The minimum absolute atomic E-state index is 0.407. The third kappa shape index (κ3) is 4.99. The van der Waals surface area contributed by atoms with Crippen molar-refractivity contribution < 1.29 is 4.84 Å². The molecule has 2 aromatic rings. The Bertz CT molecular complexity index is 619. The molecule has 0 aliphatic carbocycles. The van der Waals surface area contributed by atoms with Crippen LogP contribution in [0.25, 0.3) is 0 Å². The van der Waals surface area contributed by atoms with E-state index in [1.807, 2.05) is 37.4 Å². The SMILES string of the molecule is CSc1nnc(C)c(CC=NOCc2ccc(Cl)cc2)n1. The molecular weight excluding hydrogens is 308 g/mol. The number of aryl methyl sites for hydroxylation is 1. The fourth-order valence-corrected chi connectivity index (χ4v) is 1.99. The van der Waals surface area contributed by atoms with Gasteiger partial charge in [0.05, 0.1) is 11.4 Å². The van der Waals surface area contributed by atoms with E-state index in [2.05, 4.69) is 20.3 Å². The van der Waals surface area contributed by atoms with Gasteiger partial charge in [0.25, 0.3) is 0 Å². The van der Waals surface area contributed by atoms with Gasteiger partial charge in [0.2, 0.25) is 5.16 Å². The van der Waals surface area contributed by atoms with Gasteiger partial charge in [-0.05, 0) is 30.9 Å². The molecule has 0 atom stereocenters. The second-order valence-corrected chi connectivity index (χ2v) is 5.43. The Morgan fingerprint density at radius 3 is 2.76 bits per heavy atom. The molecule has 5 nitrogen and oxygen atoms in total. The van der Waals surface area contributed by atoms with Crippen molar-refractivity contribution in [3.63, 3.8) is 0 Å². The molecule has 0 N–H and O–H groups in total. The van der Waals surface area contributed by atoms with Gasteiger partial charge in [-0.3, -0.25) is 0 Å². The van der Waals surface area contributed by atoms with Crippen molar-refractivity contribution in [3.8, 4) is 0 Å². The van der Waals surface area contributed by atoms with Crippen molar-refractivity contribution in [2.45, 2.75) is 25.1 Å². The number of aromatic nitrogens is 3. The van der Waals surface area contributed by atoms with Gasteiger partial charge in [0.15, 0.2) is 0 Å². The molecule has 110 valence electrons. The molecule has 1 heterocycles. The maximum atomic E-state index is 5.81. The van der Waals surface area contributed by atoms with Crippen molar-refractivity contribution in [3.05, 3.63) is 46.2 Å². The van der Waals surface area contributed by atoms with Gasteiger partial charge >= 0.3 is 0 Å². The van der Waals surface area contributed by atoms with E-state index in [1.54, 1.807) is 6.21 Å². The largest absolute Gasteiger partial charge is 0.391 e. The lowest BCUT2D eigenvalue weighted by Crippen LogP contribution is -2.02. The summed E-state index contributed by atoms with van der Waals surface area (Å²) in [5.41, 5.74) is 2.67. The molecule has 0 saturated carbocycles. The zero-order chi connectivity index (χ0) is 15.1. The summed E-state index contributed by atoms with van der Waals surface area (Å²) in [6, 6.07) is 7.45. The smallest absolute Gasteiger partial charge is 0.209 e. The van der Waals surface area contributed by atoms with Gasteiger partial charge in [-0.15, -0.1) is 5.10 Å². The third-order valence-electron chi connectivity index (χ3n) is 2.69. The maximum Gasteiger partial charge on any atom is 0.209 e. The predicted octanol–water partition coefficient (Wildman–Crippen LogP) is 3.30. The summed E-state index contributed by atoms with van der Waals surface area (Å²) in [6.45, 7) is 2.28. The highest BCUT2D eigenvalue weighted by molar-refractivity contribution is 7.98. The maximum absolute atomic E-state index is 5.81. The first-order valence-electron chi connectivity index (χ1n) is 6.31. The van der Waals surface area contributed by atoms with E-state index < -0.39 is 0 Å². The summed E-state index contributed by atoms with van der Waals surface area (Å²) in [7, 11) is 0. The Morgan fingerprint density at radius 2 is 2.05 bits per heavy atom. The van der Waals surface area contributed by atoms with E-state index in [0.717, 1.165) is 17.0 Å². The number of benzene rings is 1. The van der Waals surface area contributed by atoms with Crippen LogP contribution in [0.1, 0.15) is 17.0 Å². The van der Waals surface area contributed by atoms with Crippen LogP contribution in [-0.2, 0) is 17.9 Å². The first-order chi connectivity index (χ1) is 10.2. The second-order valence-electron chi connectivity index (χ2n) is 4.22. The van der Waals surface area contributed by atoms with Gasteiger partial charge < -0.3 is 4.84 Å². The number of hydrogen-bond donors (Lipinski definition) is 0. The van der Waals surface area contributed by atoms with Crippen LogP contribution in [0.3, 0.4) is 0 Å². The van der Waals surface area contributed by atoms with Crippen LogP contribution in [0.2, 0.25) is 5.02 Å². The summed E-state index contributed by atoms with van der Waals surface area (Å²) >= 11 is 7.28. The van der Waals surface area contributed by atoms with E-state index in [9.17, 15) is 0 Å². The van der Waals surface area contributed by atoms with Gasteiger partial charge in [0, 0.05) is 17.7 Å². The van der Waals surface area contributed by atoms with Crippen LogP contribution in [-0.4, -0.2) is 27.7 Å². The van der Waals surface area contributed by atoms with Crippen LogP contribution in [0, 0.1) is 6.92 Å². The number of halogens is 1. The number of thioether (sulfide) groups is 1. The highest BCUT2D eigenvalue weighted by atomic mass is 35.5. The summed E-state index contributed by atoms with van der Waals surface area (Å²) in [4.78, 5) is 9.62. The molecule has 0 spiro atoms. The van der Waals surface area contributed by atoms with Crippen LogP contribution in [0.15, 0.2) is 34.6 Å². The van der Waals surface area contributed by atoms with Crippen LogP contribution in [0.4, 0.5) is 0 Å². The molecule has 0 aliphatic rings. The Hall–Kier alpha value is -1.66. The molecule has 0 amide bonds. The van der Waals surface area contributed by atoms with Crippen molar-refractivity contribution in [2.75, 3.05) is 6.26 Å². The average molecular weight is 323 g/mol. The minimum atomic E-state index is 0.407. The molecular formula is C14H15ClN4OS.